The molecule has 0 saturated heterocycles. The molecule has 0 saturated carbocycles. The van der Waals surface area contributed by atoms with Gasteiger partial charge in [-0.25, -0.2) is 0 Å². The van der Waals surface area contributed by atoms with Gasteiger partial charge in [-0.05, 0) is 31.0 Å². The number of hydrogen-bond donors (Lipinski definition) is 2. The topological polar surface area (TPSA) is 49.3 Å². The second-order valence-electron chi connectivity index (χ2n) is 4.05. The standard InChI is InChI=1S/C12H15Cl2NO2/c1-7(6-16)8(2)15-12(17)10-4-3-9(13)5-11(10)14/h3-5,7-8,16H,6H2,1-2H3,(H,15,17). The Balaban J connectivity index is 2.76. The molecule has 2 N–H and O–H groups in total. The SMILES string of the molecule is CC(CO)C(C)NC(=O)c1ccc(Cl)cc1Cl. The highest BCUT2D eigenvalue weighted by atomic mass is 35.5. The fourth-order valence-electron chi connectivity index (χ4n) is 1.26. The Bertz CT molecular complexity index is 409. The summed E-state index contributed by atoms with van der Waals surface area (Å²) in [5, 5.41) is 12.6. The summed E-state index contributed by atoms with van der Waals surface area (Å²) in [5.41, 5.74) is 0.382. The van der Waals surface area contributed by atoms with Crippen LogP contribution in [0.3, 0.4) is 0 Å². The lowest BCUT2D eigenvalue weighted by atomic mass is 10.0. The average Bonchev–Trinajstić information content (AvgIpc) is 2.27. The van der Waals surface area contributed by atoms with Gasteiger partial charge in [0, 0.05) is 17.7 Å². The summed E-state index contributed by atoms with van der Waals surface area (Å²) in [6.07, 6.45) is 0. The molecule has 17 heavy (non-hydrogen) atoms. The lowest BCUT2D eigenvalue weighted by Gasteiger charge is -2.19. The van der Waals surface area contributed by atoms with Gasteiger partial charge in [0.05, 0.1) is 10.6 Å². The highest BCUT2D eigenvalue weighted by Gasteiger charge is 2.16. The molecule has 0 bridgehead atoms. The van der Waals surface area contributed by atoms with E-state index in [1.165, 1.54) is 6.07 Å². The van der Waals surface area contributed by atoms with E-state index in [1.54, 1.807) is 12.1 Å². The molecule has 94 valence electrons. The average molecular weight is 276 g/mol. The van der Waals surface area contributed by atoms with Gasteiger partial charge in [0.25, 0.3) is 5.91 Å². The van der Waals surface area contributed by atoms with Crippen molar-refractivity contribution in [1.82, 2.24) is 5.32 Å². The first kappa shape index (κ1) is 14.3. The summed E-state index contributed by atoms with van der Waals surface area (Å²) in [4.78, 5) is 11.9. The van der Waals surface area contributed by atoms with Crippen molar-refractivity contribution in [3.8, 4) is 0 Å². The highest BCUT2D eigenvalue weighted by Crippen LogP contribution is 2.21. The van der Waals surface area contributed by atoms with E-state index >= 15 is 0 Å². The molecule has 0 fully saturated rings. The number of halogens is 2. The number of aliphatic hydroxyl groups excluding tert-OH is 1. The zero-order chi connectivity index (χ0) is 13.0. The van der Waals surface area contributed by atoms with E-state index in [4.69, 9.17) is 28.3 Å². The summed E-state index contributed by atoms with van der Waals surface area (Å²) >= 11 is 11.7. The van der Waals surface area contributed by atoms with Crippen LogP contribution in [0.4, 0.5) is 0 Å². The van der Waals surface area contributed by atoms with Crippen LogP contribution in [0.5, 0.6) is 0 Å². The zero-order valence-electron chi connectivity index (χ0n) is 9.71. The molecule has 0 aromatic heterocycles. The molecule has 0 aliphatic rings. The van der Waals surface area contributed by atoms with Gasteiger partial charge < -0.3 is 10.4 Å². The normalized spacial score (nSPS) is 14.2. The molecule has 1 amide bonds. The Kier molecular flexibility index (Phi) is 5.25. The second kappa shape index (κ2) is 6.24. The smallest absolute Gasteiger partial charge is 0.253 e. The van der Waals surface area contributed by atoms with Crippen LogP contribution in [0, 0.1) is 5.92 Å². The number of aliphatic hydroxyl groups is 1. The maximum absolute atomic E-state index is 11.9. The molecule has 0 aliphatic heterocycles. The molecule has 1 aromatic carbocycles. The van der Waals surface area contributed by atoms with E-state index < -0.39 is 0 Å². The van der Waals surface area contributed by atoms with Crippen LogP contribution >= 0.6 is 23.2 Å². The minimum atomic E-state index is -0.264. The van der Waals surface area contributed by atoms with Gasteiger partial charge in [0.2, 0.25) is 0 Å². The largest absolute Gasteiger partial charge is 0.396 e. The zero-order valence-corrected chi connectivity index (χ0v) is 11.2. The third-order valence-electron chi connectivity index (χ3n) is 2.68. The van der Waals surface area contributed by atoms with Crippen molar-refractivity contribution in [3.05, 3.63) is 33.8 Å². The molecule has 0 spiro atoms. The van der Waals surface area contributed by atoms with Gasteiger partial charge >= 0.3 is 0 Å². The molecule has 0 heterocycles. The third kappa shape index (κ3) is 3.87. The Morgan fingerprint density at radius 3 is 2.59 bits per heavy atom. The summed E-state index contributed by atoms with van der Waals surface area (Å²) in [7, 11) is 0. The van der Waals surface area contributed by atoms with Crippen LogP contribution in [-0.2, 0) is 0 Å². The van der Waals surface area contributed by atoms with Crippen molar-refractivity contribution in [2.24, 2.45) is 5.92 Å². The molecular formula is C12H15Cl2NO2. The first-order valence-electron chi connectivity index (χ1n) is 5.32. The molecule has 0 radical (unpaired) electrons. The minimum Gasteiger partial charge on any atom is -0.396 e. The van der Waals surface area contributed by atoms with E-state index in [2.05, 4.69) is 5.32 Å². The van der Waals surface area contributed by atoms with Crippen LogP contribution in [0.15, 0.2) is 18.2 Å². The molecule has 0 aliphatic carbocycles. The lowest BCUT2D eigenvalue weighted by molar-refractivity contribution is 0.0916. The van der Waals surface area contributed by atoms with E-state index in [-0.39, 0.29) is 24.5 Å². The first-order chi connectivity index (χ1) is 7.95. The maximum atomic E-state index is 11.9. The quantitative estimate of drug-likeness (QED) is 0.888. The predicted octanol–water partition coefficient (Wildman–Crippen LogP) is 2.74. The molecular weight excluding hydrogens is 261 g/mol. The number of rotatable bonds is 4. The molecule has 5 heteroatoms. The summed E-state index contributed by atoms with van der Waals surface area (Å²) < 4.78 is 0. The van der Waals surface area contributed by atoms with Gasteiger partial charge in [0.15, 0.2) is 0 Å². The fourth-order valence-corrected chi connectivity index (χ4v) is 1.75. The lowest BCUT2D eigenvalue weighted by Crippen LogP contribution is -2.38. The molecule has 2 unspecified atom stereocenters. The van der Waals surface area contributed by atoms with Gasteiger partial charge in [-0.15, -0.1) is 0 Å². The molecule has 1 rings (SSSR count). The Morgan fingerprint density at radius 1 is 1.41 bits per heavy atom. The molecule has 1 aromatic rings. The molecule has 2 atom stereocenters. The number of hydrogen-bond acceptors (Lipinski definition) is 2. The van der Waals surface area contributed by atoms with Gasteiger partial charge in [-0.2, -0.15) is 0 Å². The summed E-state index contributed by atoms with van der Waals surface area (Å²) in [5.74, 6) is -0.274. The van der Waals surface area contributed by atoms with Crippen molar-refractivity contribution in [3.63, 3.8) is 0 Å². The van der Waals surface area contributed by atoms with E-state index in [9.17, 15) is 4.79 Å². The Labute approximate surface area is 111 Å². The summed E-state index contributed by atoms with van der Waals surface area (Å²) in [6.45, 7) is 3.72. The van der Waals surface area contributed by atoms with Crippen molar-refractivity contribution in [2.75, 3.05) is 6.61 Å². The number of carbonyl (C=O) groups is 1. The first-order valence-corrected chi connectivity index (χ1v) is 6.08. The van der Waals surface area contributed by atoms with Crippen LogP contribution in [-0.4, -0.2) is 23.7 Å². The fraction of sp³-hybridized carbons (Fsp3) is 0.417. The number of nitrogens with one attached hydrogen (secondary N) is 1. The Morgan fingerprint density at radius 2 is 2.06 bits per heavy atom. The van der Waals surface area contributed by atoms with Gasteiger partial charge in [-0.1, -0.05) is 30.1 Å². The maximum Gasteiger partial charge on any atom is 0.253 e. The van der Waals surface area contributed by atoms with Crippen molar-refractivity contribution in [2.45, 2.75) is 19.9 Å². The van der Waals surface area contributed by atoms with Crippen molar-refractivity contribution < 1.29 is 9.90 Å². The van der Waals surface area contributed by atoms with E-state index in [0.717, 1.165) is 0 Å². The third-order valence-corrected chi connectivity index (χ3v) is 3.22. The predicted molar refractivity (Wildman–Crippen MR) is 69.6 cm³/mol. The van der Waals surface area contributed by atoms with E-state index in [1.807, 2.05) is 13.8 Å². The van der Waals surface area contributed by atoms with Crippen LogP contribution in [0.1, 0.15) is 24.2 Å². The highest BCUT2D eigenvalue weighted by molar-refractivity contribution is 6.36. The van der Waals surface area contributed by atoms with E-state index in [0.29, 0.717) is 15.6 Å². The Hall–Kier alpha value is -0.770. The number of amides is 1. The minimum absolute atomic E-state index is 0.00924. The van der Waals surface area contributed by atoms with Gasteiger partial charge in [0.1, 0.15) is 0 Å². The summed E-state index contributed by atoms with van der Waals surface area (Å²) in [6, 6.07) is 4.59. The second-order valence-corrected chi connectivity index (χ2v) is 4.89. The number of carbonyl (C=O) groups excluding carboxylic acids is 1. The van der Waals surface area contributed by atoms with Crippen molar-refractivity contribution >= 4 is 29.1 Å². The molecule has 3 nitrogen and oxygen atoms in total. The van der Waals surface area contributed by atoms with Crippen molar-refractivity contribution in [1.29, 1.82) is 0 Å². The van der Waals surface area contributed by atoms with Crippen LogP contribution < -0.4 is 5.32 Å². The van der Waals surface area contributed by atoms with Gasteiger partial charge in [-0.3, -0.25) is 4.79 Å². The monoisotopic (exact) mass is 275 g/mol. The number of benzene rings is 1. The van der Waals surface area contributed by atoms with Crippen LogP contribution in [0.25, 0.3) is 0 Å². The van der Waals surface area contributed by atoms with Crippen LogP contribution in [0.2, 0.25) is 10.0 Å².